The van der Waals surface area contributed by atoms with Crippen molar-refractivity contribution in [1.29, 1.82) is 0 Å². The molecular formula is C29H37BrClN3O4S. The summed E-state index contributed by atoms with van der Waals surface area (Å²) in [6, 6.07) is 5.70. The Hall–Kier alpha value is -1.81. The largest absolute Gasteiger partial charge is 0.394 e. The molecule has 3 fully saturated rings. The van der Waals surface area contributed by atoms with Crippen LogP contribution in [0.2, 0.25) is 5.02 Å². The number of aliphatic hydroxyl groups excluding tert-OH is 1. The maximum Gasteiger partial charge on any atom is 0.251 e. The predicted octanol–water partition coefficient (Wildman–Crippen LogP) is 4.52. The Morgan fingerprint density at radius 3 is 2.54 bits per heavy atom. The van der Waals surface area contributed by atoms with Gasteiger partial charge in [0.15, 0.2) is 0 Å². The van der Waals surface area contributed by atoms with E-state index in [1.165, 1.54) is 0 Å². The first-order valence-electron chi connectivity index (χ1n) is 13.5. The highest BCUT2D eigenvalue weighted by Gasteiger charge is 2.76. The summed E-state index contributed by atoms with van der Waals surface area (Å²) in [6.45, 7) is 12.5. The van der Waals surface area contributed by atoms with Gasteiger partial charge in [-0.05, 0) is 31.4 Å². The molecule has 1 aromatic rings. The summed E-state index contributed by atoms with van der Waals surface area (Å²) in [5, 5.41) is 10.6. The fourth-order valence-electron chi connectivity index (χ4n) is 6.62. The quantitative estimate of drug-likeness (QED) is 0.269. The number of amides is 3. The van der Waals surface area contributed by atoms with Crippen molar-refractivity contribution >= 4 is 62.7 Å². The molecule has 4 rings (SSSR count). The number of thioether (sulfide) groups is 1. The molecule has 212 valence electrons. The van der Waals surface area contributed by atoms with Gasteiger partial charge in [0.2, 0.25) is 11.8 Å². The summed E-state index contributed by atoms with van der Waals surface area (Å²) in [5.74, 6) is -1.81. The summed E-state index contributed by atoms with van der Waals surface area (Å²) in [4.78, 5) is 47.9. The molecule has 39 heavy (non-hydrogen) atoms. The lowest BCUT2D eigenvalue weighted by Gasteiger charge is -2.40. The van der Waals surface area contributed by atoms with Crippen molar-refractivity contribution in [2.75, 3.05) is 31.1 Å². The fraction of sp³-hybridized carbons (Fsp3) is 0.552. The van der Waals surface area contributed by atoms with Crippen molar-refractivity contribution in [1.82, 2.24) is 9.80 Å². The summed E-state index contributed by atoms with van der Waals surface area (Å²) < 4.78 is -0.817. The Bertz CT molecular complexity index is 1130. The van der Waals surface area contributed by atoms with Crippen LogP contribution in [0.25, 0.3) is 0 Å². The van der Waals surface area contributed by atoms with E-state index in [0.29, 0.717) is 36.6 Å². The van der Waals surface area contributed by atoms with E-state index in [1.54, 1.807) is 56.8 Å². The number of benzene rings is 1. The minimum atomic E-state index is -0.866. The van der Waals surface area contributed by atoms with Crippen LogP contribution >= 0.6 is 39.3 Å². The van der Waals surface area contributed by atoms with Gasteiger partial charge in [0.25, 0.3) is 5.91 Å². The van der Waals surface area contributed by atoms with Gasteiger partial charge in [-0.2, -0.15) is 0 Å². The van der Waals surface area contributed by atoms with Crippen LogP contribution in [-0.4, -0.2) is 85.8 Å². The summed E-state index contributed by atoms with van der Waals surface area (Å²) in [5.41, 5.74) is 0.536. The number of halogens is 2. The topological polar surface area (TPSA) is 81.2 Å². The Labute approximate surface area is 248 Å². The third-order valence-corrected chi connectivity index (χ3v) is 11.7. The number of hydrogen-bond acceptors (Lipinski definition) is 5. The molecule has 1 N–H and O–H groups in total. The first-order chi connectivity index (χ1) is 18.7. The van der Waals surface area contributed by atoms with E-state index in [1.807, 2.05) is 19.9 Å². The molecule has 3 heterocycles. The van der Waals surface area contributed by atoms with E-state index >= 15 is 0 Å². The predicted molar refractivity (Wildman–Crippen MR) is 161 cm³/mol. The van der Waals surface area contributed by atoms with Crippen molar-refractivity contribution in [3.05, 3.63) is 54.6 Å². The van der Waals surface area contributed by atoms with Crippen molar-refractivity contribution in [2.24, 2.45) is 11.8 Å². The zero-order valence-electron chi connectivity index (χ0n) is 22.5. The molecule has 0 saturated carbocycles. The highest BCUT2D eigenvalue weighted by atomic mass is 79.9. The molecule has 2 bridgehead atoms. The third kappa shape index (κ3) is 4.98. The van der Waals surface area contributed by atoms with E-state index < -0.39 is 28.7 Å². The molecule has 7 atom stereocenters. The second-order valence-electron chi connectivity index (χ2n) is 10.4. The van der Waals surface area contributed by atoms with Gasteiger partial charge in [-0.3, -0.25) is 14.4 Å². The number of rotatable bonds is 12. The lowest BCUT2D eigenvalue weighted by atomic mass is 9.70. The number of carbonyl (C=O) groups is 3. The molecule has 3 aliphatic heterocycles. The summed E-state index contributed by atoms with van der Waals surface area (Å²) >= 11 is 12.0. The molecule has 3 saturated heterocycles. The number of anilines is 1. The van der Waals surface area contributed by atoms with Crippen LogP contribution in [0.1, 0.15) is 33.1 Å². The minimum Gasteiger partial charge on any atom is -0.394 e. The van der Waals surface area contributed by atoms with E-state index in [0.717, 1.165) is 6.42 Å². The number of fused-ring (bicyclic) bond motifs is 1. The van der Waals surface area contributed by atoms with Crippen LogP contribution in [0.5, 0.6) is 0 Å². The van der Waals surface area contributed by atoms with Crippen LogP contribution in [0, 0.1) is 11.8 Å². The molecule has 3 aliphatic rings. The van der Waals surface area contributed by atoms with Crippen LogP contribution < -0.4 is 4.90 Å². The molecule has 10 heteroatoms. The zero-order chi connectivity index (χ0) is 28.5. The monoisotopic (exact) mass is 637 g/mol. The Balaban J connectivity index is 1.84. The van der Waals surface area contributed by atoms with Gasteiger partial charge in [0.1, 0.15) is 6.04 Å². The Morgan fingerprint density at radius 1 is 1.26 bits per heavy atom. The van der Waals surface area contributed by atoms with Gasteiger partial charge in [0.05, 0.1) is 39.9 Å². The molecule has 0 aromatic heterocycles. The summed E-state index contributed by atoms with van der Waals surface area (Å²) in [6.07, 6.45) is 5.18. The molecule has 1 spiro atoms. The van der Waals surface area contributed by atoms with Crippen molar-refractivity contribution < 1.29 is 19.5 Å². The Morgan fingerprint density at radius 2 is 1.95 bits per heavy atom. The van der Waals surface area contributed by atoms with E-state index in [-0.39, 0.29) is 41.0 Å². The van der Waals surface area contributed by atoms with Crippen LogP contribution in [0.15, 0.2) is 49.6 Å². The highest BCUT2D eigenvalue weighted by molar-refractivity contribution is 9.09. The molecule has 3 amide bonds. The van der Waals surface area contributed by atoms with Crippen LogP contribution in [0.3, 0.4) is 0 Å². The SMILES string of the molecule is C=CCN(CCC)C(=O)[C@H]1[C@H]2C(=O)N([C@@H](CC)CO)C(C(=O)N(CC=C)c3ccccc3Cl)C23CC(Br)[C@@H]1S3. The van der Waals surface area contributed by atoms with Gasteiger partial charge in [-0.25, -0.2) is 0 Å². The second kappa shape index (κ2) is 12.4. The van der Waals surface area contributed by atoms with Crippen molar-refractivity contribution in [2.45, 2.75) is 60.0 Å². The maximum absolute atomic E-state index is 14.6. The average molecular weight is 639 g/mol. The minimum absolute atomic E-state index is 0.0367. The highest BCUT2D eigenvalue weighted by Crippen LogP contribution is 2.68. The van der Waals surface area contributed by atoms with E-state index in [9.17, 15) is 19.5 Å². The number of likely N-dealkylation sites (tertiary alicyclic amines) is 1. The number of alkyl halides is 1. The normalized spacial score (nSPS) is 29.7. The average Bonchev–Trinajstić information content (AvgIpc) is 3.51. The number of para-hydroxylation sites is 1. The lowest BCUT2D eigenvalue weighted by molar-refractivity contribution is -0.145. The van der Waals surface area contributed by atoms with Gasteiger partial charge < -0.3 is 19.8 Å². The van der Waals surface area contributed by atoms with Gasteiger partial charge in [-0.1, -0.05) is 65.7 Å². The van der Waals surface area contributed by atoms with Crippen molar-refractivity contribution in [3.8, 4) is 0 Å². The number of nitrogens with zero attached hydrogens (tertiary/aromatic N) is 3. The standard InChI is InChI=1S/C29H37BrClN3O4S/c1-5-13-32(14-6-2)26(36)22-23-27(37)34(18(8-4)17-35)25(29(23)16-19(30)24(22)39-29)28(38)33(15-7-3)21-12-10-9-11-20(21)31/h5,7,9-12,18-19,22-25,35H,1,3,6,8,13-17H2,2,4H3/t18-,19?,22-,23-,24-,25?,29?/m0/s1. The number of carbonyl (C=O) groups excluding carboxylic acids is 3. The summed E-state index contributed by atoms with van der Waals surface area (Å²) in [7, 11) is 0. The second-order valence-corrected chi connectivity index (χ2v) is 13.5. The smallest absolute Gasteiger partial charge is 0.251 e. The third-order valence-electron chi connectivity index (χ3n) is 8.20. The first-order valence-corrected chi connectivity index (χ1v) is 15.7. The van der Waals surface area contributed by atoms with Crippen molar-refractivity contribution in [3.63, 3.8) is 0 Å². The number of hydrogen-bond donors (Lipinski definition) is 1. The zero-order valence-corrected chi connectivity index (χ0v) is 25.6. The number of aliphatic hydroxyl groups is 1. The Kier molecular flexibility index (Phi) is 9.56. The van der Waals surface area contributed by atoms with Gasteiger partial charge in [-0.15, -0.1) is 24.9 Å². The maximum atomic E-state index is 14.6. The molecule has 0 aliphatic carbocycles. The molecular weight excluding hydrogens is 602 g/mol. The molecule has 7 nitrogen and oxygen atoms in total. The van der Waals surface area contributed by atoms with Crippen LogP contribution in [-0.2, 0) is 14.4 Å². The van der Waals surface area contributed by atoms with E-state index in [4.69, 9.17) is 11.6 Å². The first kappa shape index (κ1) is 30.2. The van der Waals surface area contributed by atoms with Crippen LogP contribution in [0.4, 0.5) is 5.69 Å². The molecule has 3 unspecified atom stereocenters. The van der Waals surface area contributed by atoms with E-state index in [2.05, 4.69) is 29.1 Å². The van der Waals surface area contributed by atoms with Gasteiger partial charge in [0, 0.05) is 29.7 Å². The molecule has 0 radical (unpaired) electrons. The fourth-order valence-corrected chi connectivity index (χ4v) is 10.4. The van der Waals surface area contributed by atoms with Gasteiger partial charge >= 0.3 is 0 Å². The lowest BCUT2D eigenvalue weighted by Crippen LogP contribution is -2.58. The molecule has 1 aromatic carbocycles.